The number of hydrogen-bond donors (Lipinski definition) is 1. The fourth-order valence-electron chi connectivity index (χ4n) is 2.65. The van der Waals surface area contributed by atoms with Crippen LogP contribution in [0.1, 0.15) is 32.8 Å². The summed E-state index contributed by atoms with van der Waals surface area (Å²) in [6.45, 7) is 6.02. The van der Waals surface area contributed by atoms with E-state index in [-0.39, 0.29) is 30.2 Å². The van der Waals surface area contributed by atoms with Crippen molar-refractivity contribution in [1.29, 1.82) is 0 Å². The molecule has 2 N–H and O–H groups in total. The first-order valence-corrected chi connectivity index (χ1v) is 7.17. The van der Waals surface area contributed by atoms with Gasteiger partial charge in [0.25, 0.3) is 0 Å². The molecule has 0 aromatic heterocycles. The zero-order chi connectivity index (χ0) is 14.7. The lowest BCUT2D eigenvalue weighted by molar-refractivity contribution is -0.152. The molecular formula is C16H23NO3. The van der Waals surface area contributed by atoms with Gasteiger partial charge in [-0.2, -0.15) is 0 Å². The van der Waals surface area contributed by atoms with E-state index in [0.717, 1.165) is 11.3 Å². The third-order valence-electron chi connectivity index (χ3n) is 4.07. The zero-order valence-electron chi connectivity index (χ0n) is 12.3. The normalized spacial score (nSPS) is 29.4. The molecule has 110 valence electrons. The molecular weight excluding hydrogens is 254 g/mol. The Balaban J connectivity index is 1.86. The van der Waals surface area contributed by atoms with Gasteiger partial charge in [0, 0.05) is 18.0 Å². The number of anilines is 1. The number of nitrogen functional groups attached to an aromatic ring is 1. The first kappa shape index (κ1) is 14.9. The van der Waals surface area contributed by atoms with Crippen LogP contribution in [0.2, 0.25) is 0 Å². The van der Waals surface area contributed by atoms with E-state index in [1.165, 1.54) is 0 Å². The molecule has 0 bridgehead atoms. The van der Waals surface area contributed by atoms with Crippen molar-refractivity contribution in [2.45, 2.75) is 51.9 Å². The lowest BCUT2D eigenvalue weighted by Crippen LogP contribution is -2.30. The second-order valence-electron chi connectivity index (χ2n) is 5.56. The highest BCUT2D eigenvalue weighted by Gasteiger charge is 2.39. The molecule has 4 unspecified atom stereocenters. The molecule has 1 saturated heterocycles. The van der Waals surface area contributed by atoms with Gasteiger partial charge in [0.15, 0.2) is 0 Å². The van der Waals surface area contributed by atoms with Gasteiger partial charge in [0.2, 0.25) is 0 Å². The molecule has 1 aromatic rings. The molecule has 4 heteroatoms. The van der Waals surface area contributed by atoms with E-state index in [1.807, 2.05) is 38.1 Å². The summed E-state index contributed by atoms with van der Waals surface area (Å²) < 4.78 is 11.2. The lowest BCUT2D eigenvalue weighted by Gasteiger charge is -2.19. The van der Waals surface area contributed by atoms with Crippen LogP contribution in [0, 0.1) is 5.92 Å². The molecule has 1 aromatic carbocycles. The third-order valence-corrected chi connectivity index (χ3v) is 4.07. The topological polar surface area (TPSA) is 61.5 Å². The van der Waals surface area contributed by atoms with Gasteiger partial charge in [-0.25, -0.2) is 0 Å². The molecule has 20 heavy (non-hydrogen) atoms. The van der Waals surface area contributed by atoms with E-state index in [9.17, 15) is 4.79 Å². The van der Waals surface area contributed by atoms with E-state index in [2.05, 4.69) is 6.92 Å². The third kappa shape index (κ3) is 3.31. The molecule has 1 aliphatic rings. The maximum absolute atomic E-state index is 12.0. The molecule has 0 amide bonds. The smallest absolute Gasteiger partial charge is 0.306 e. The number of aryl methyl sites for hydroxylation is 1. The van der Waals surface area contributed by atoms with Crippen LogP contribution in [0.4, 0.5) is 5.69 Å². The summed E-state index contributed by atoms with van der Waals surface area (Å²) in [5.74, 6) is 0.0467. The summed E-state index contributed by atoms with van der Waals surface area (Å²) in [5, 5.41) is 0. The molecule has 0 saturated carbocycles. The fraction of sp³-hybridized carbons (Fsp3) is 0.562. The van der Waals surface area contributed by atoms with Crippen LogP contribution >= 0.6 is 0 Å². The molecule has 0 aliphatic carbocycles. The quantitative estimate of drug-likeness (QED) is 0.678. The number of para-hydroxylation sites is 1. The van der Waals surface area contributed by atoms with Crippen LogP contribution in [0.3, 0.4) is 0 Å². The first-order valence-electron chi connectivity index (χ1n) is 7.17. The van der Waals surface area contributed by atoms with E-state index >= 15 is 0 Å². The van der Waals surface area contributed by atoms with Gasteiger partial charge < -0.3 is 15.2 Å². The van der Waals surface area contributed by atoms with Crippen molar-refractivity contribution in [3.8, 4) is 0 Å². The standard InChI is InChI=1S/C16H23NO3/c1-10-11(2)19-12(3)16(10)20-15(18)9-8-13-6-4-5-7-14(13)17/h4-7,10-12,16H,8-9,17H2,1-3H3. The van der Waals surface area contributed by atoms with Gasteiger partial charge in [0.1, 0.15) is 6.10 Å². The summed E-state index contributed by atoms with van der Waals surface area (Å²) in [6.07, 6.45) is 0.902. The maximum Gasteiger partial charge on any atom is 0.306 e. The summed E-state index contributed by atoms with van der Waals surface area (Å²) in [6, 6.07) is 7.59. The summed E-state index contributed by atoms with van der Waals surface area (Å²) in [4.78, 5) is 12.0. The minimum atomic E-state index is -0.186. The lowest BCUT2D eigenvalue weighted by atomic mass is 10.00. The number of nitrogens with two attached hydrogens (primary N) is 1. The van der Waals surface area contributed by atoms with Crippen molar-refractivity contribution in [1.82, 2.24) is 0 Å². The van der Waals surface area contributed by atoms with Crippen LogP contribution in [0.25, 0.3) is 0 Å². The van der Waals surface area contributed by atoms with Crippen LogP contribution < -0.4 is 5.73 Å². The number of rotatable bonds is 4. The zero-order valence-corrected chi connectivity index (χ0v) is 12.3. The first-order chi connectivity index (χ1) is 9.49. The predicted octanol–water partition coefficient (Wildman–Crippen LogP) is 2.56. The van der Waals surface area contributed by atoms with Crippen molar-refractivity contribution >= 4 is 11.7 Å². The highest BCUT2D eigenvalue weighted by atomic mass is 16.6. The van der Waals surface area contributed by atoms with Gasteiger partial charge >= 0.3 is 5.97 Å². The number of carbonyl (C=O) groups is 1. The number of carbonyl (C=O) groups excluding carboxylic acids is 1. The Morgan fingerprint density at radius 2 is 1.95 bits per heavy atom. The second-order valence-corrected chi connectivity index (χ2v) is 5.56. The Kier molecular flexibility index (Phi) is 4.65. The van der Waals surface area contributed by atoms with Gasteiger partial charge in [-0.1, -0.05) is 25.1 Å². The minimum Gasteiger partial charge on any atom is -0.459 e. The number of esters is 1. The van der Waals surface area contributed by atoms with Crippen molar-refractivity contribution in [2.24, 2.45) is 5.92 Å². The Morgan fingerprint density at radius 1 is 1.25 bits per heavy atom. The van der Waals surface area contributed by atoms with Gasteiger partial charge in [-0.15, -0.1) is 0 Å². The second kappa shape index (κ2) is 6.27. The van der Waals surface area contributed by atoms with Crippen molar-refractivity contribution < 1.29 is 14.3 Å². The molecule has 1 heterocycles. The van der Waals surface area contributed by atoms with Crippen LogP contribution in [0.5, 0.6) is 0 Å². The van der Waals surface area contributed by atoms with Crippen LogP contribution in [-0.4, -0.2) is 24.3 Å². The highest BCUT2D eigenvalue weighted by Crippen LogP contribution is 2.29. The molecule has 4 nitrogen and oxygen atoms in total. The van der Waals surface area contributed by atoms with Crippen molar-refractivity contribution in [3.05, 3.63) is 29.8 Å². The highest BCUT2D eigenvalue weighted by molar-refractivity contribution is 5.70. The Morgan fingerprint density at radius 3 is 2.55 bits per heavy atom. The Hall–Kier alpha value is -1.55. The largest absolute Gasteiger partial charge is 0.459 e. The Labute approximate surface area is 120 Å². The van der Waals surface area contributed by atoms with E-state index in [4.69, 9.17) is 15.2 Å². The molecule has 1 fully saturated rings. The van der Waals surface area contributed by atoms with Crippen molar-refractivity contribution in [3.63, 3.8) is 0 Å². The fourth-order valence-corrected chi connectivity index (χ4v) is 2.65. The molecule has 1 aliphatic heterocycles. The summed E-state index contributed by atoms with van der Waals surface area (Å²) >= 11 is 0. The van der Waals surface area contributed by atoms with Crippen molar-refractivity contribution in [2.75, 3.05) is 5.73 Å². The minimum absolute atomic E-state index is 0.0363. The molecule has 0 spiro atoms. The molecule has 2 rings (SSSR count). The Bertz CT molecular complexity index is 475. The van der Waals surface area contributed by atoms with E-state index in [0.29, 0.717) is 12.8 Å². The van der Waals surface area contributed by atoms with Crippen LogP contribution in [-0.2, 0) is 20.7 Å². The number of benzene rings is 1. The number of ether oxygens (including phenoxy) is 2. The average molecular weight is 277 g/mol. The predicted molar refractivity (Wildman–Crippen MR) is 78.2 cm³/mol. The maximum atomic E-state index is 12.0. The van der Waals surface area contributed by atoms with Gasteiger partial charge in [-0.05, 0) is 31.9 Å². The average Bonchev–Trinajstić information content (AvgIpc) is 2.64. The molecule has 0 radical (unpaired) electrons. The SMILES string of the molecule is CC1OC(C)C(OC(=O)CCc2ccccc2N)C1C. The molecule has 4 atom stereocenters. The summed E-state index contributed by atoms with van der Waals surface area (Å²) in [7, 11) is 0. The number of hydrogen-bond acceptors (Lipinski definition) is 4. The summed E-state index contributed by atoms with van der Waals surface area (Å²) in [5.41, 5.74) is 7.57. The van der Waals surface area contributed by atoms with Gasteiger partial charge in [0.05, 0.1) is 12.2 Å². The van der Waals surface area contributed by atoms with Crippen LogP contribution in [0.15, 0.2) is 24.3 Å². The van der Waals surface area contributed by atoms with E-state index in [1.54, 1.807) is 0 Å². The monoisotopic (exact) mass is 277 g/mol. The van der Waals surface area contributed by atoms with Gasteiger partial charge in [-0.3, -0.25) is 4.79 Å². The van der Waals surface area contributed by atoms with E-state index < -0.39 is 0 Å².